The molecule has 158 valence electrons. The van der Waals surface area contributed by atoms with Gasteiger partial charge in [0.15, 0.2) is 12.4 Å². The summed E-state index contributed by atoms with van der Waals surface area (Å²) in [5.41, 5.74) is 1.60. The fourth-order valence-electron chi connectivity index (χ4n) is 3.85. The third-order valence-electron chi connectivity index (χ3n) is 5.64. The lowest BCUT2D eigenvalue weighted by Gasteiger charge is -2.19. The second-order valence-corrected chi connectivity index (χ2v) is 7.88. The van der Waals surface area contributed by atoms with E-state index in [1.54, 1.807) is 6.07 Å². The molecule has 0 aliphatic carbocycles. The number of carbonyl (C=O) groups is 1. The smallest absolute Gasteiger partial charge is 0.275 e. The van der Waals surface area contributed by atoms with Crippen LogP contribution in [0.1, 0.15) is 31.3 Å². The first kappa shape index (κ1) is 20.8. The van der Waals surface area contributed by atoms with Gasteiger partial charge in [-0.3, -0.25) is 9.59 Å². The summed E-state index contributed by atoms with van der Waals surface area (Å²) >= 11 is 0. The van der Waals surface area contributed by atoms with Crippen molar-refractivity contribution in [3.8, 4) is 0 Å². The molecule has 31 heavy (non-hydrogen) atoms. The molecule has 6 nitrogen and oxygen atoms in total. The number of para-hydroxylation sites is 1. The topological polar surface area (TPSA) is 79.3 Å². The van der Waals surface area contributed by atoms with E-state index in [1.165, 1.54) is 5.39 Å². The van der Waals surface area contributed by atoms with E-state index in [-0.39, 0.29) is 17.5 Å². The zero-order chi connectivity index (χ0) is 21.8. The molecule has 1 unspecified atom stereocenters. The number of hydrogen-bond donors (Lipinski definition) is 3. The highest BCUT2D eigenvalue weighted by Crippen LogP contribution is 2.20. The van der Waals surface area contributed by atoms with Crippen molar-refractivity contribution >= 4 is 27.6 Å². The lowest BCUT2D eigenvalue weighted by Crippen LogP contribution is -3.11. The van der Waals surface area contributed by atoms with Crippen molar-refractivity contribution in [1.29, 1.82) is 0 Å². The summed E-state index contributed by atoms with van der Waals surface area (Å²) in [6.07, 6.45) is 0. The maximum absolute atomic E-state index is 12.7. The van der Waals surface area contributed by atoms with Gasteiger partial charge in [-0.25, -0.2) is 4.98 Å². The number of nitrogens with zero attached hydrogens (tertiary/aromatic N) is 1. The molecule has 0 aliphatic heterocycles. The molecule has 4 aromatic rings. The van der Waals surface area contributed by atoms with Gasteiger partial charge in [-0.15, -0.1) is 0 Å². The Morgan fingerprint density at radius 1 is 1.06 bits per heavy atom. The average Bonchev–Trinajstić information content (AvgIpc) is 2.78. The Morgan fingerprint density at radius 3 is 2.61 bits per heavy atom. The predicted octanol–water partition coefficient (Wildman–Crippen LogP) is 2.36. The number of fused-ring (bicyclic) bond motifs is 2. The zero-order valence-corrected chi connectivity index (χ0v) is 17.8. The van der Waals surface area contributed by atoms with Crippen LogP contribution in [0.5, 0.6) is 0 Å². The summed E-state index contributed by atoms with van der Waals surface area (Å²) in [5, 5.41) is 6.02. The maximum atomic E-state index is 12.7. The van der Waals surface area contributed by atoms with E-state index < -0.39 is 0 Å². The first-order valence-corrected chi connectivity index (χ1v) is 10.6. The maximum Gasteiger partial charge on any atom is 0.275 e. The van der Waals surface area contributed by atoms with Crippen LogP contribution in [0.25, 0.3) is 21.7 Å². The molecule has 4 rings (SSSR count). The molecule has 0 spiro atoms. The van der Waals surface area contributed by atoms with Crippen LogP contribution in [-0.4, -0.2) is 29.0 Å². The monoisotopic (exact) mass is 415 g/mol. The van der Waals surface area contributed by atoms with Crippen molar-refractivity contribution in [2.45, 2.75) is 26.4 Å². The quantitative estimate of drug-likeness (QED) is 0.434. The van der Waals surface area contributed by atoms with Gasteiger partial charge in [0.05, 0.1) is 23.5 Å². The van der Waals surface area contributed by atoms with E-state index in [9.17, 15) is 9.59 Å². The third kappa shape index (κ3) is 4.81. The largest absolute Gasteiger partial charge is 0.345 e. The molecule has 6 heteroatoms. The molecule has 0 saturated heterocycles. The van der Waals surface area contributed by atoms with Crippen molar-refractivity contribution < 1.29 is 9.69 Å². The molecule has 0 radical (unpaired) electrons. The summed E-state index contributed by atoms with van der Waals surface area (Å²) in [6, 6.07) is 21.6. The van der Waals surface area contributed by atoms with Crippen LogP contribution < -0.4 is 15.8 Å². The van der Waals surface area contributed by atoms with Crippen LogP contribution in [0, 0.1) is 0 Å². The van der Waals surface area contributed by atoms with Gasteiger partial charge in [-0.1, -0.05) is 48.5 Å². The van der Waals surface area contributed by atoms with Crippen LogP contribution >= 0.6 is 0 Å². The summed E-state index contributed by atoms with van der Waals surface area (Å²) in [7, 11) is 0. The molecule has 0 saturated carbocycles. The van der Waals surface area contributed by atoms with E-state index in [4.69, 9.17) is 0 Å². The normalized spacial score (nSPS) is 13.2. The standard InChI is InChI=1S/C25H26N4O2/c1-3-29(15-23-27-22-11-7-6-10-21(22)25(31)28-23)16-24(30)26-17(2)19-13-12-18-8-4-5-9-20(18)14-19/h4-14,17H,3,15-16H2,1-2H3,(H,26,30)(H,27,28,31)/p+1/t17-/m1/s1. The highest BCUT2D eigenvalue weighted by atomic mass is 16.2. The highest BCUT2D eigenvalue weighted by molar-refractivity contribution is 5.83. The van der Waals surface area contributed by atoms with Gasteiger partial charge >= 0.3 is 0 Å². The predicted molar refractivity (Wildman–Crippen MR) is 123 cm³/mol. The second kappa shape index (κ2) is 9.10. The minimum atomic E-state index is -0.148. The van der Waals surface area contributed by atoms with E-state index in [2.05, 4.69) is 45.6 Å². The molecule has 2 atom stereocenters. The first-order valence-electron chi connectivity index (χ1n) is 10.6. The van der Waals surface area contributed by atoms with Crippen LogP contribution in [0.3, 0.4) is 0 Å². The Kier molecular flexibility index (Phi) is 6.09. The number of hydrogen-bond acceptors (Lipinski definition) is 3. The van der Waals surface area contributed by atoms with Crippen molar-refractivity contribution in [2.24, 2.45) is 0 Å². The van der Waals surface area contributed by atoms with E-state index in [0.29, 0.717) is 29.8 Å². The molecule has 3 N–H and O–H groups in total. The SMILES string of the molecule is CC[NH+](CC(=O)N[C@H](C)c1ccc2ccccc2c1)Cc1nc2ccccc2c(=O)[nH]1. The first-order chi connectivity index (χ1) is 15.0. The average molecular weight is 416 g/mol. The number of quaternary nitrogens is 1. The summed E-state index contributed by atoms with van der Waals surface area (Å²) in [5.74, 6) is 0.566. The van der Waals surface area contributed by atoms with Crippen LogP contribution in [-0.2, 0) is 11.3 Å². The number of H-pyrrole nitrogens is 1. The van der Waals surface area contributed by atoms with E-state index in [0.717, 1.165) is 22.4 Å². The molecule has 3 aromatic carbocycles. The Balaban J connectivity index is 1.42. The molecular formula is C25H27N4O2+. The fourth-order valence-corrected chi connectivity index (χ4v) is 3.85. The number of likely N-dealkylation sites (N-methyl/N-ethyl adjacent to an activating group) is 1. The minimum absolute atomic E-state index is 0.0272. The summed E-state index contributed by atoms with van der Waals surface area (Å²) in [6.45, 7) is 5.55. The molecular weight excluding hydrogens is 388 g/mol. The van der Waals surface area contributed by atoms with Crippen LogP contribution in [0.4, 0.5) is 0 Å². The van der Waals surface area contributed by atoms with Crippen LogP contribution in [0.2, 0.25) is 0 Å². The van der Waals surface area contributed by atoms with Gasteiger partial charge in [0.2, 0.25) is 0 Å². The lowest BCUT2D eigenvalue weighted by atomic mass is 10.0. The number of benzene rings is 3. The van der Waals surface area contributed by atoms with Gasteiger partial charge in [-0.2, -0.15) is 0 Å². The Bertz CT molecular complexity index is 1280. The summed E-state index contributed by atoms with van der Waals surface area (Å²) < 4.78 is 0. The Hall–Kier alpha value is -3.51. The van der Waals surface area contributed by atoms with Gasteiger partial charge in [0.25, 0.3) is 11.5 Å². The van der Waals surface area contributed by atoms with E-state index in [1.807, 2.05) is 44.2 Å². The molecule has 0 bridgehead atoms. The van der Waals surface area contributed by atoms with Crippen molar-refractivity contribution in [1.82, 2.24) is 15.3 Å². The fraction of sp³-hybridized carbons (Fsp3) is 0.240. The molecule has 1 aromatic heterocycles. The number of aromatic nitrogens is 2. The number of aromatic amines is 1. The van der Waals surface area contributed by atoms with Crippen molar-refractivity contribution in [3.63, 3.8) is 0 Å². The van der Waals surface area contributed by atoms with Gasteiger partial charge < -0.3 is 15.2 Å². The molecule has 0 fully saturated rings. The van der Waals surface area contributed by atoms with Crippen LogP contribution in [0.15, 0.2) is 71.5 Å². The van der Waals surface area contributed by atoms with Gasteiger partial charge in [0, 0.05) is 0 Å². The van der Waals surface area contributed by atoms with E-state index >= 15 is 0 Å². The number of nitrogens with one attached hydrogen (secondary N) is 3. The minimum Gasteiger partial charge on any atom is -0.345 e. The van der Waals surface area contributed by atoms with Gasteiger partial charge in [-0.05, 0) is 48.4 Å². The lowest BCUT2D eigenvalue weighted by molar-refractivity contribution is -0.904. The molecule has 1 amide bonds. The number of rotatable bonds is 7. The Morgan fingerprint density at radius 2 is 1.81 bits per heavy atom. The second-order valence-electron chi connectivity index (χ2n) is 7.88. The highest BCUT2D eigenvalue weighted by Gasteiger charge is 2.17. The molecule has 0 aliphatic rings. The zero-order valence-electron chi connectivity index (χ0n) is 17.8. The van der Waals surface area contributed by atoms with Gasteiger partial charge in [0.1, 0.15) is 6.54 Å². The third-order valence-corrected chi connectivity index (χ3v) is 5.64. The molecule has 1 heterocycles. The number of carbonyl (C=O) groups excluding carboxylic acids is 1. The number of amides is 1. The van der Waals surface area contributed by atoms with Crippen molar-refractivity contribution in [3.05, 3.63) is 88.5 Å². The summed E-state index contributed by atoms with van der Waals surface area (Å²) in [4.78, 5) is 33.5. The van der Waals surface area contributed by atoms with Crippen molar-refractivity contribution in [2.75, 3.05) is 13.1 Å². The Labute approximate surface area is 180 Å².